The molecule has 25 heavy (non-hydrogen) atoms. The Bertz CT molecular complexity index is 766. The molecule has 0 atom stereocenters. The molecule has 134 valence electrons. The van der Waals surface area contributed by atoms with E-state index in [4.69, 9.17) is 23.1 Å². The second kappa shape index (κ2) is 7.23. The van der Waals surface area contributed by atoms with Gasteiger partial charge in [0.15, 0.2) is 5.82 Å². The lowest BCUT2D eigenvalue weighted by Gasteiger charge is -2.38. The smallest absolute Gasteiger partial charge is 0.158 e. The Labute approximate surface area is 155 Å². The molecule has 0 bridgehead atoms. The third kappa shape index (κ3) is 3.91. The highest BCUT2D eigenvalue weighted by Crippen LogP contribution is 2.37. The summed E-state index contributed by atoms with van der Waals surface area (Å²) in [6.45, 7) is 3.96. The molecule has 1 saturated heterocycles. The summed E-state index contributed by atoms with van der Waals surface area (Å²) in [6.07, 6.45) is 5.13. The summed E-state index contributed by atoms with van der Waals surface area (Å²) < 4.78 is 0. The van der Waals surface area contributed by atoms with E-state index in [1.807, 2.05) is 0 Å². The third-order valence-corrected chi connectivity index (χ3v) is 6.09. The van der Waals surface area contributed by atoms with E-state index >= 15 is 0 Å². The van der Waals surface area contributed by atoms with E-state index in [2.05, 4.69) is 26.8 Å². The van der Waals surface area contributed by atoms with Gasteiger partial charge in [-0.2, -0.15) is 0 Å². The van der Waals surface area contributed by atoms with E-state index in [9.17, 15) is 5.11 Å². The van der Waals surface area contributed by atoms with Gasteiger partial charge in [0.25, 0.3) is 0 Å². The fourth-order valence-corrected chi connectivity index (χ4v) is 3.69. The number of nitrogens with two attached hydrogens (primary N) is 2. The van der Waals surface area contributed by atoms with Crippen LogP contribution in [-0.2, 0) is 0 Å². The number of aliphatic hydroxyl groups is 1. The first-order valence-electron chi connectivity index (χ1n) is 7.98. The SMILES string of the molecule is CC1(CO)CCN(c2cnc(Sc3ccnc(N)c3Cl)c(N)n2)CC1. The van der Waals surface area contributed by atoms with Crippen molar-refractivity contribution in [2.75, 3.05) is 36.1 Å². The molecule has 0 amide bonds. The van der Waals surface area contributed by atoms with Crippen molar-refractivity contribution >= 4 is 40.8 Å². The lowest BCUT2D eigenvalue weighted by atomic mass is 9.81. The molecular weight excluding hydrogens is 360 g/mol. The van der Waals surface area contributed by atoms with E-state index in [0.29, 0.717) is 15.9 Å². The number of nitrogens with zero attached hydrogens (tertiary/aromatic N) is 4. The minimum atomic E-state index is -0.0106. The van der Waals surface area contributed by atoms with Crippen molar-refractivity contribution in [2.24, 2.45) is 5.41 Å². The zero-order valence-corrected chi connectivity index (χ0v) is 15.5. The van der Waals surface area contributed by atoms with Gasteiger partial charge in [-0.3, -0.25) is 0 Å². The Kier molecular flexibility index (Phi) is 5.21. The zero-order chi connectivity index (χ0) is 18.0. The molecule has 0 spiro atoms. The monoisotopic (exact) mass is 380 g/mol. The molecule has 0 saturated carbocycles. The van der Waals surface area contributed by atoms with Gasteiger partial charge in [0.2, 0.25) is 0 Å². The van der Waals surface area contributed by atoms with Crippen LogP contribution in [0.25, 0.3) is 0 Å². The molecule has 0 aromatic carbocycles. The number of pyridine rings is 1. The maximum absolute atomic E-state index is 9.48. The Morgan fingerprint density at radius 1 is 1.28 bits per heavy atom. The molecule has 3 rings (SSSR count). The summed E-state index contributed by atoms with van der Waals surface area (Å²) in [5.41, 5.74) is 11.8. The first-order valence-corrected chi connectivity index (χ1v) is 9.17. The highest BCUT2D eigenvalue weighted by Gasteiger charge is 2.30. The number of hydrogen-bond donors (Lipinski definition) is 3. The maximum atomic E-state index is 9.48. The van der Waals surface area contributed by atoms with Gasteiger partial charge in [0.05, 0.1) is 11.2 Å². The average Bonchev–Trinajstić information content (AvgIpc) is 2.61. The van der Waals surface area contributed by atoms with Gasteiger partial charge < -0.3 is 21.5 Å². The van der Waals surface area contributed by atoms with E-state index in [-0.39, 0.29) is 17.8 Å². The van der Waals surface area contributed by atoms with Crippen molar-refractivity contribution in [3.8, 4) is 0 Å². The van der Waals surface area contributed by atoms with Crippen molar-refractivity contribution in [3.05, 3.63) is 23.5 Å². The fourth-order valence-electron chi connectivity index (χ4n) is 2.67. The van der Waals surface area contributed by atoms with Gasteiger partial charge in [-0.05, 0) is 24.3 Å². The molecule has 9 heteroatoms. The lowest BCUT2D eigenvalue weighted by molar-refractivity contribution is 0.114. The highest BCUT2D eigenvalue weighted by atomic mass is 35.5. The van der Waals surface area contributed by atoms with Crippen LogP contribution in [0.3, 0.4) is 0 Å². The highest BCUT2D eigenvalue weighted by molar-refractivity contribution is 7.99. The molecule has 0 aliphatic carbocycles. The van der Waals surface area contributed by atoms with Crippen LogP contribution in [0.1, 0.15) is 19.8 Å². The summed E-state index contributed by atoms with van der Waals surface area (Å²) >= 11 is 7.47. The molecule has 0 radical (unpaired) electrons. The molecule has 2 aromatic heterocycles. The van der Waals surface area contributed by atoms with Crippen LogP contribution in [0.4, 0.5) is 17.5 Å². The molecule has 1 fully saturated rings. The van der Waals surface area contributed by atoms with Crippen molar-refractivity contribution in [1.29, 1.82) is 0 Å². The predicted octanol–water partition coefficient (Wildman–Crippen LogP) is 2.44. The summed E-state index contributed by atoms with van der Waals surface area (Å²) in [5.74, 6) is 1.38. The van der Waals surface area contributed by atoms with Crippen molar-refractivity contribution in [2.45, 2.75) is 29.7 Å². The second-order valence-corrected chi connectivity index (χ2v) is 7.89. The zero-order valence-electron chi connectivity index (χ0n) is 13.9. The van der Waals surface area contributed by atoms with Crippen LogP contribution in [0.5, 0.6) is 0 Å². The largest absolute Gasteiger partial charge is 0.396 e. The Hall–Kier alpha value is -1.77. The van der Waals surface area contributed by atoms with Gasteiger partial charge in [-0.1, -0.05) is 30.3 Å². The molecule has 2 aromatic rings. The van der Waals surface area contributed by atoms with Crippen LogP contribution in [0.15, 0.2) is 28.4 Å². The van der Waals surface area contributed by atoms with Crippen LogP contribution in [-0.4, -0.2) is 39.8 Å². The number of halogens is 1. The van der Waals surface area contributed by atoms with Crippen molar-refractivity contribution in [3.63, 3.8) is 0 Å². The Morgan fingerprint density at radius 3 is 2.64 bits per heavy atom. The average molecular weight is 381 g/mol. The molecule has 3 heterocycles. The summed E-state index contributed by atoms with van der Waals surface area (Å²) in [5, 5.41) is 10.4. The molecule has 5 N–H and O–H groups in total. The first kappa shape index (κ1) is 18.0. The number of nitrogen functional groups attached to an aromatic ring is 2. The predicted molar refractivity (Wildman–Crippen MR) is 101 cm³/mol. The van der Waals surface area contributed by atoms with Crippen LogP contribution < -0.4 is 16.4 Å². The number of rotatable bonds is 4. The fraction of sp³-hybridized carbons (Fsp3) is 0.438. The minimum absolute atomic E-state index is 0.0106. The topological polar surface area (TPSA) is 114 Å². The molecular formula is C16H21ClN6OS. The molecule has 7 nitrogen and oxygen atoms in total. The van der Waals surface area contributed by atoms with Gasteiger partial charge in [0, 0.05) is 30.8 Å². The van der Waals surface area contributed by atoms with Gasteiger partial charge in [-0.25, -0.2) is 15.0 Å². The Morgan fingerprint density at radius 2 is 2.00 bits per heavy atom. The van der Waals surface area contributed by atoms with Crippen molar-refractivity contribution < 1.29 is 5.11 Å². The van der Waals surface area contributed by atoms with Crippen LogP contribution in [0, 0.1) is 5.41 Å². The van der Waals surface area contributed by atoms with Gasteiger partial charge in [-0.15, -0.1) is 0 Å². The van der Waals surface area contributed by atoms with Crippen LogP contribution in [0.2, 0.25) is 5.02 Å². The first-order chi connectivity index (χ1) is 11.9. The number of aromatic nitrogens is 3. The number of hydrogen-bond acceptors (Lipinski definition) is 8. The molecule has 1 aliphatic rings. The third-order valence-electron chi connectivity index (χ3n) is 4.52. The van der Waals surface area contributed by atoms with E-state index in [1.165, 1.54) is 11.8 Å². The second-order valence-electron chi connectivity index (χ2n) is 6.48. The maximum Gasteiger partial charge on any atom is 0.158 e. The normalized spacial score (nSPS) is 16.8. The number of piperidine rings is 1. The van der Waals surface area contributed by atoms with Gasteiger partial charge in [0.1, 0.15) is 16.7 Å². The van der Waals surface area contributed by atoms with E-state index < -0.39 is 0 Å². The lowest BCUT2D eigenvalue weighted by Crippen LogP contribution is -2.40. The summed E-state index contributed by atoms with van der Waals surface area (Å²) in [6, 6.07) is 1.76. The standard InChI is InChI=1S/C16H21ClN6OS/c1-16(9-24)3-6-23(7-4-16)11-8-21-15(14(19)22-11)25-10-2-5-20-13(18)12(10)17/h2,5,8,24H,3-4,6-7,9H2,1H3,(H2,18,20)(H2,19,22). The van der Waals surface area contributed by atoms with Crippen LogP contribution >= 0.6 is 23.4 Å². The number of anilines is 3. The van der Waals surface area contributed by atoms with E-state index in [1.54, 1.807) is 18.5 Å². The summed E-state index contributed by atoms with van der Waals surface area (Å²) in [4.78, 5) is 15.7. The number of aliphatic hydroxyl groups excluding tert-OH is 1. The van der Waals surface area contributed by atoms with E-state index in [0.717, 1.165) is 36.6 Å². The minimum Gasteiger partial charge on any atom is -0.396 e. The molecule has 0 unspecified atom stereocenters. The molecule has 1 aliphatic heterocycles. The Balaban J connectivity index is 1.74. The van der Waals surface area contributed by atoms with Crippen molar-refractivity contribution in [1.82, 2.24) is 15.0 Å². The quantitative estimate of drug-likeness (QED) is 0.740. The summed E-state index contributed by atoms with van der Waals surface area (Å²) in [7, 11) is 0. The van der Waals surface area contributed by atoms with Gasteiger partial charge >= 0.3 is 0 Å².